The summed E-state index contributed by atoms with van der Waals surface area (Å²) >= 11 is 1.39. The van der Waals surface area contributed by atoms with Crippen LogP contribution in [-0.2, 0) is 11.3 Å². The normalized spacial score (nSPS) is 16.1. The minimum absolute atomic E-state index is 0.0229. The van der Waals surface area contributed by atoms with Crippen LogP contribution in [0.2, 0.25) is 0 Å². The van der Waals surface area contributed by atoms with Crippen molar-refractivity contribution >= 4 is 34.3 Å². The van der Waals surface area contributed by atoms with Crippen LogP contribution in [0.5, 0.6) is 0 Å². The molecule has 1 atom stereocenters. The molecule has 1 saturated carbocycles. The number of rotatable bonds is 8. The van der Waals surface area contributed by atoms with E-state index in [2.05, 4.69) is 29.4 Å². The summed E-state index contributed by atoms with van der Waals surface area (Å²) in [5.74, 6) is 1.62. The molecular weight excluding hydrogens is 422 g/mol. The molecule has 0 bridgehead atoms. The number of nitrogens with zero attached hydrogens (tertiary/aromatic N) is 4. The smallest absolute Gasteiger partial charge is 0.262 e. The number of fused-ring (bicyclic) bond motifs is 3. The van der Waals surface area contributed by atoms with Crippen molar-refractivity contribution < 1.29 is 4.79 Å². The fourth-order valence-electron chi connectivity index (χ4n) is 4.39. The molecular formula is C24H33N5O2S. The first-order chi connectivity index (χ1) is 15.5. The first-order valence-corrected chi connectivity index (χ1v) is 12.6. The van der Waals surface area contributed by atoms with Gasteiger partial charge in [0.05, 0.1) is 16.2 Å². The molecule has 1 unspecified atom stereocenters. The summed E-state index contributed by atoms with van der Waals surface area (Å²) in [6.45, 7) is 7.52. The molecule has 8 heteroatoms. The van der Waals surface area contributed by atoms with Crippen LogP contribution in [0.1, 0.15) is 59.3 Å². The number of aromatic nitrogens is 4. The lowest BCUT2D eigenvalue weighted by Crippen LogP contribution is -2.35. The van der Waals surface area contributed by atoms with Gasteiger partial charge in [0.1, 0.15) is 0 Å². The highest BCUT2D eigenvalue weighted by atomic mass is 32.2. The molecule has 1 aromatic carbocycles. The molecule has 0 spiro atoms. The summed E-state index contributed by atoms with van der Waals surface area (Å²) < 4.78 is 3.64. The zero-order valence-corrected chi connectivity index (χ0v) is 20.0. The van der Waals surface area contributed by atoms with Gasteiger partial charge in [0.15, 0.2) is 5.16 Å². The van der Waals surface area contributed by atoms with Crippen molar-refractivity contribution in [2.24, 2.45) is 11.8 Å². The second kappa shape index (κ2) is 10.1. The Morgan fingerprint density at radius 2 is 1.91 bits per heavy atom. The molecule has 1 N–H and O–H groups in total. The van der Waals surface area contributed by atoms with E-state index in [1.54, 1.807) is 4.57 Å². The molecule has 1 amide bonds. The zero-order chi connectivity index (χ0) is 22.7. The van der Waals surface area contributed by atoms with Crippen LogP contribution in [0.3, 0.4) is 0 Å². The van der Waals surface area contributed by atoms with Gasteiger partial charge in [-0.1, -0.05) is 57.0 Å². The molecule has 2 aromatic heterocycles. The number of hydrogen-bond donors (Lipinski definition) is 1. The predicted molar refractivity (Wildman–Crippen MR) is 129 cm³/mol. The van der Waals surface area contributed by atoms with Crippen molar-refractivity contribution in [2.45, 2.75) is 76.2 Å². The Labute approximate surface area is 193 Å². The van der Waals surface area contributed by atoms with Crippen LogP contribution < -0.4 is 10.9 Å². The number of aryl methyl sites for hydroxylation is 1. The lowest BCUT2D eigenvalue weighted by Gasteiger charge is -2.22. The average molecular weight is 456 g/mol. The Balaban J connectivity index is 1.60. The van der Waals surface area contributed by atoms with Gasteiger partial charge >= 0.3 is 0 Å². The van der Waals surface area contributed by atoms with E-state index in [1.807, 2.05) is 35.6 Å². The Hall–Kier alpha value is -2.35. The van der Waals surface area contributed by atoms with Crippen molar-refractivity contribution in [1.82, 2.24) is 24.5 Å². The standard InChI is InChI=1S/C24H33N5O2S/c1-16(2)13-14-28-22(31)19-11-7-8-12-20(19)29-23(28)26-27-24(29)32-17(3)21(30)25-15-18-9-5-4-6-10-18/h7-8,11-12,16-18H,4-6,9-10,13-15H2,1-3H3,(H,25,30). The Morgan fingerprint density at radius 3 is 2.66 bits per heavy atom. The van der Waals surface area contributed by atoms with Crippen molar-refractivity contribution in [3.8, 4) is 0 Å². The molecule has 3 aromatic rings. The van der Waals surface area contributed by atoms with Crippen LogP contribution in [0.15, 0.2) is 34.2 Å². The van der Waals surface area contributed by atoms with E-state index in [0.717, 1.165) is 18.5 Å². The van der Waals surface area contributed by atoms with Crippen LogP contribution in [-0.4, -0.2) is 36.9 Å². The fraction of sp³-hybridized carbons (Fsp3) is 0.583. The largest absolute Gasteiger partial charge is 0.355 e. The number of thioether (sulfide) groups is 1. The molecule has 0 radical (unpaired) electrons. The summed E-state index contributed by atoms with van der Waals surface area (Å²) in [5.41, 5.74) is 0.728. The van der Waals surface area contributed by atoms with E-state index in [1.165, 1.54) is 43.9 Å². The minimum atomic E-state index is -0.305. The van der Waals surface area contributed by atoms with Gasteiger partial charge < -0.3 is 5.32 Å². The molecule has 0 aliphatic heterocycles. The summed E-state index contributed by atoms with van der Waals surface area (Å²) in [4.78, 5) is 25.9. The van der Waals surface area contributed by atoms with Crippen molar-refractivity contribution in [2.75, 3.05) is 6.54 Å². The predicted octanol–water partition coefficient (Wildman–Crippen LogP) is 4.27. The van der Waals surface area contributed by atoms with Gasteiger partial charge in [-0.3, -0.25) is 18.6 Å². The summed E-state index contributed by atoms with van der Waals surface area (Å²) in [7, 11) is 0. The van der Waals surface area contributed by atoms with E-state index in [4.69, 9.17) is 0 Å². The van der Waals surface area contributed by atoms with Crippen LogP contribution >= 0.6 is 11.8 Å². The summed E-state index contributed by atoms with van der Waals surface area (Å²) in [6, 6.07) is 7.55. The molecule has 2 heterocycles. The van der Waals surface area contributed by atoms with E-state index < -0.39 is 0 Å². The van der Waals surface area contributed by atoms with E-state index in [-0.39, 0.29) is 16.7 Å². The van der Waals surface area contributed by atoms with Crippen LogP contribution in [0, 0.1) is 11.8 Å². The molecule has 0 saturated heterocycles. The van der Waals surface area contributed by atoms with Crippen molar-refractivity contribution in [3.63, 3.8) is 0 Å². The maximum absolute atomic E-state index is 13.1. The summed E-state index contributed by atoms with van der Waals surface area (Å²) in [5, 5.41) is 12.8. The van der Waals surface area contributed by atoms with Gasteiger partial charge in [0.2, 0.25) is 11.7 Å². The second-order valence-corrected chi connectivity index (χ2v) is 10.6. The number of nitrogens with one attached hydrogen (secondary N) is 1. The van der Waals surface area contributed by atoms with E-state index >= 15 is 0 Å². The lowest BCUT2D eigenvalue weighted by atomic mass is 9.89. The quantitative estimate of drug-likeness (QED) is 0.513. The Bertz CT molecular complexity index is 1150. The van der Waals surface area contributed by atoms with Gasteiger partial charge in [0.25, 0.3) is 5.56 Å². The van der Waals surface area contributed by atoms with Gasteiger partial charge in [-0.05, 0) is 50.2 Å². The Kier molecular flexibility index (Phi) is 7.18. The maximum atomic E-state index is 13.1. The molecule has 1 fully saturated rings. The topological polar surface area (TPSA) is 81.3 Å². The molecule has 32 heavy (non-hydrogen) atoms. The highest BCUT2D eigenvalue weighted by Gasteiger charge is 2.22. The molecule has 1 aliphatic rings. The first kappa shape index (κ1) is 22.8. The third-order valence-electron chi connectivity index (χ3n) is 6.35. The Morgan fingerprint density at radius 1 is 1.16 bits per heavy atom. The highest BCUT2D eigenvalue weighted by molar-refractivity contribution is 8.00. The third kappa shape index (κ3) is 4.85. The van der Waals surface area contributed by atoms with Gasteiger partial charge in [-0.25, -0.2) is 0 Å². The fourth-order valence-corrected chi connectivity index (χ4v) is 5.27. The molecule has 1 aliphatic carbocycles. The number of hydrogen-bond acceptors (Lipinski definition) is 5. The molecule has 4 rings (SSSR count). The van der Waals surface area contributed by atoms with Gasteiger partial charge in [-0.2, -0.15) is 0 Å². The summed E-state index contributed by atoms with van der Waals surface area (Å²) in [6.07, 6.45) is 7.13. The van der Waals surface area contributed by atoms with Crippen LogP contribution in [0.4, 0.5) is 0 Å². The van der Waals surface area contributed by atoms with E-state index in [0.29, 0.717) is 34.7 Å². The number of carbonyl (C=O) groups is 1. The van der Waals surface area contributed by atoms with Gasteiger partial charge in [-0.15, -0.1) is 10.2 Å². The maximum Gasteiger partial charge on any atom is 0.262 e. The average Bonchev–Trinajstić information content (AvgIpc) is 3.21. The van der Waals surface area contributed by atoms with Crippen LogP contribution in [0.25, 0.3) is 16.7 Å². The monoisotopic (exact) mass is 455 g/mol. The highest BCUT2D eigenvalue weighted by Crippen LogP contribution is 2.26. The second-order valence-electron chi connectivity index (χ2n) is 9.28. The number of amides is 1. The number of para-hydroxylation sites is 1. The minimum Gasteiger partial charge on any atom is -0.355 e. The number of benzene rings is 1. The lowest BCUT2D eigenvalue weighted by molar-refractivity contribution is -0.120. The SMILES string of the molecule is CC(C)CCn1c(=O)c2ccccc2n2c(SC(C)C(=O)NCC3CCCCC3)nnc12. The molecule has 7 nitrogen and oxygen atoms in total. The van der Waals surface area contributed by atoms with E-state index in [9.17, 15) is 9.59 Å². The molecule has 172 valence electrons. The number of carbonyl (C=O) groups excluding carboxylic acids is 1. The van der Waals surface area contributed by atoms with Crippen molar-refractivity contribution in [3.05, 3.63) is 34.6 Å². The third-order valence-corrected chi connectivity index (χ3v) is 7.39. The van der Waals surface area contributed by atoms with Gasteiger partial charge in [0, 0.05) is 13.1 Å². The first-order valence-electron chi connectivity index (χ1n) is 11.8. The zero-order valence-electron chi connectivity index (χ0n) is 19.2. The van der Waals surface area contributed by atoms with Crippen molar-refractivity contribution in [1.29, 1.82) is 0 Å².